The van der Waals surface area contributed by atoms with E-state index < -0.39 is 17.2 Å². The number of ether oxygens (including phenoxy) is 1. The average molecular weight is 365 g/mol. The van der Waals surface area contributed by atoms with E-state index in [9.17, 15) is 14.0 Å². The molecule has 1 aromatic carbocycles. The fourth-order valence-electron chi connectivity index (χ4n) is 2.76. The first kappa shape index (κ1) is 20.0. The molecule has 0 aromatic heterocycles. The Morgan fingerprint density at radius 3 is 2.42 bits per heavy atom. The summed E-state index contributed by atoms with van der Waals surface area (Å²) in [7, 11) is 0. The van der Waals surface area contributed by atoms with Crippen molar-refractivity contribution in [3.63, 3.8) is 0 Å². The summed E-state index contributed by atoms with van der Waals surface area (Å²) in [6, 6.07) is 3.80. The van der Waals surface area contributed by atoms with E-state index in [2.05, 4.69) is 16.0 Å². The molecule has 1 aliphatic carbocycles. The minimum absolute atomic E-state index is 0.266. The third-order valence-electron chi connectivity index (χ3n) is 4.31. The topological polar surface area (TPSA) is 79.5 Å². The maximum absolute atomic E-state index is 13.2. The summed E-state index contributed by atoms with van der Waals surface area (Å²) in [6.07, 6.45) is 1.46. The molecule has 1 saturated carbocycles. The highest BCUT2D eigenvalue weighted by atomic mass is 19.1. The second kappa shape index (κ2) is 7.51. The van der Waals surface area contributed by atoms with Crippen molar-refractivity contribution in [3.8, 4) is 0 Å². The van der Waals surface area contributed by atoms with E-state index in [0.717, 1.165) is 12.8 Å². The van der Waals surface area contributed by atoms with Crippen molar-refractivity contribution in [1.29, 1.82) is 0 Å². The van der Waals surface area contributed by atoms with Gasteiger partial charge in [0.15, 0.2) is 0 Å². The molecular formula is C19H28FN3O3. The summed E-state index contributed by atoms with van der Waals surface area (Å²) >= 11 is 0. The van der Waals surface area contributed by atoms with Gasteiger partial charge >= 0.3 is 12.1 Å². The Morgan fingerprint density at radius 2 is 1.88 bits per heavy atom. The van der Waals surface area contributed by atoms with Gasteiger partial charge in [0, 0.05) is 12.2 Å². The quantitative estimate of drug-likeness (QED) is 0.739. The Balaban J connectivity index is 1.96. The molecule has 0 aliphatic heterocycles. The number of hydrogen-bond donors (Lipinski definition) is 3. The van der Waals surface area contributed by atoms with E-state index in [0.29, 0.717) is 11.3 Å². The predicted molar refractivity (Wildman–Crippen MR) is 98.7 cm³/mol. The molecule has 3 N–H and O–H groups in total. The Labute approximate surface area is 153 Å². The Kier molecular flexibility index (Phi) is 5.78. The minimum Gasteiger partial charge on any atom is -0.444 e. The Hall–Kier alpha value is -2.31. The zero-order chi connectivity index (χ0) is 19.5. The summed E-state index contributed by atoms with van der Waals surface area (Å²) in [4.78, 5) is 24.3. The van der Waals surface area contributed by atoms with Crippen molar-refractivity contribution in [3.05, 3.63) is 29.6 Å². The van der Waals surface area contributed by atoms with Crippen LogP contribution >= 0.6 is 0 Å². The molecular weight excluding hydrogens is 337 g/mol. The minimum atomic E-state index is -0.588. The third kappa shape index (κ3) is 5.89. The van der Waals surface area contributed by atoms with Crippen LogP contribution in [0.3, 0.4) is 0 Å². The highest BCUT2D eigenvalue weighted by Gasteiger charge is 2.43. The molecule has 0 saturated heterocycles. The number of aryl methyl sites for hydroxylation is 1. The number of nitrogens with one attached hydrogen (secondary N) is 3. The number of anilines is 1. The molecule has 7 heteroatoms. The van der Waals surface area contributed by atoms with Gasteiger partial charge in [0.2, 0.25) is 0 Å². The highest BCUT2D eigenvalue weighted by Crippen LogP contribution is 2.39. The lowest BCUT2D eigenvalue weighted by molar-refractivity contribution is 0.0509. The van der Waals surface area contributed by atoms with Gasteiger partial charge in [0.05, 0.1) is 5.54 Å². The number of carbonyl (C=O) groups excluding carboxylic acids is 2. The van der Waals surface area contributed by atoms with Crippen molar-refractivity contribution < 1.29 is 18.7 Å². The highest BCUT2D eigenvalue weighted by molar-refractivity contribution is 5.90. The average Bonchev–Trinajstić information content (AvgIpc) is 3.31. The van der Waals surface area contributed by atoms with Gasteiger partial charge in [-0.05, 0) is 77.1 Å². The first-order valence-electron chi connectivity index (χ1n) is 8.81. The smallest absolute Gasteiger partial charge is 0.407 e. The maximum atomic E-state index is 13.2. The lowest BCUT2D eigenvalue weighted by Crippen LogP contribution is -2.56. The van der Waals surface area contributed by atoms with Crippen LogP contribution in [-0.2, 0) is 4.74 Å². The normalized spacial score (nSPS) is 16.4. The van der Waals surface area contributed by atoms with Crippen LogP contribution in [0.4, 0.5) is 19.7 Å². The third-order valence-corrected chi connectivity index (χ3v) is 4.31. The van der Waals surface area contributed by atoms with Crippen LogP contribution in [0.2, 0.25) is 0 Å². The van der Waals surface area contributed by atoms with Crippen LogP contribution in [0.5, 0.6) is 0 Å². The molecule has 0 unspecified atom stereocenters. The first-order chi connectivity index (χ1) is 12.0. The number of hydrogen-bond acceptors (Lipinski definition) is 3. The van der Waals surface area contributed by atoms with Crippen LogP contribution in [-0.4, -0.2) is 29.8 Å². The molecule has 1 atom stereocenters. The van der Waals surface area contributed by atoms with Crippen molar-refractivity contribution in [2.24, 2.45) is 5.92 Å². The van der Waals surface area contributed by atoms with Gasteiger partial charge in [-0.3, -0.25) is 0 Å². The van der Waals surface area contributed by atoms with Crippen molar-refractivity contribution in [2.45, 2.75) is 58.6 Å². The van der Waals surface area contributed by atoms with Gasteiger partial charge in [0.25, 0.3) is 0 Å². The molecule has 26 heavy (non-hydrogen) atoms. The number of rotatable bonds is 5. The van der Waals surface area contributed by atoms with Crippen LogP contribution in [0.1, 0.15) is 46.1 Å². The van der Waals surface area contributed by atoms with E-state index in [4.69, 9.17) is 4.74 Å². The molecule has 0 radical (unpaired) electrons. The van der Waals surface area contributed by atoms with E-state index in [-0.39, 0.29) is 24.3 Å². The summed E-state index contributed by atoms with van der Waals surface area (Å²) in [6.45, 7) is 9.28. The number of alkyl carbamates (subject to hydrolysis) is 1. The van der Waals surface area contributed by atoms with Crippen LogP contribution in [0.15, 0.2) is 18.2 Å². The first-order valence-corrected chi connectivity index (χ1v) is 8.81. The Morgan fingerprint density at radius 1 is 1.23 bits per heavy atom. The number of urea groups is 1. The van der Waals surface area contributed by atoms with Crippen LogP contribution in [0.25, 0.3) is 0 Å². The van der Waals surface area contributed by atoms with Crippen molar-refractivity contribution in [1.82, 2.24) is 10.6 Å². The van der Waals surface area contributed by atoms with Crippen LogP contribution in [0, 0.1) is 18.7 Å². The van der Waals surface area contributed by atoms with Crippen molar-refractivity contribution in [2.75, 3.05) is 11.9 Å². The van der Waals surface area contributed by atoms with E-state index in [1.165, 1.54) is 18.2 Å². The van der Waals surface area contributed by atoms with Gasteiger partial charge in [0.1, 0.15) is 11.4 Å². The standard InChI is InChI=1S/C19H28FN3O3/c1-12-10-14(20)8-9-15(12)22-16(24)23-19(5,13-6-7-13)11-21-17(25)26-18(2,3)4/h8-10,13H,6-7,11H2,1-5H3,(H,21,25)(H2,22,23,24)/t19-/m0/s1. The van der Waals surface area contributed by atoms with Gasteiger partial charge in [-0.2, -0.15) is 0 Å². The number of carbonyl (C=O) groups is 2. The van der Waals surface area contributed by atoms with E-state index in [1.807, 2.05) is 6.92 Å². The van der Waals surface area contributed by atoms with E-state index in [1.54, 1.807) is 27.7 Å². The van der Waals surface area contributed by atoms with Crippen molar-refractivity contribution >= 4 is 17.8 Å². The molecule has 144 valence electrons. The molecule has 2 rings (SSSR count). The Bertz CT molecular complexity index is 683. The summed E-state index contributed by atoms with van der Waals surface area (Å²) in [5, 5.41) is 8.43. The molecule has 0 heterocycles. The summed E-state index contributed by atoms with van der Waals surface area (Å²) in [5.41, 5.74) is 0.0159. The van der Waals surface area contributed by atoms with Gasteiger partial charge < -0.3 is 20.7 Å². The SMILES string of the molecule is Cc1cc(F)ccc1NC(=O)N[C@@](C)(CNC(=O)OC(C)(C)C)C1CC1. The molecule has 0 spiro atoms. The lowest BCUT2D eigenvalue weighted by Gasteiger charge is -2.32. The zero-order valence-electron chi connectivity index (χ0n) is 16.0. The maximum Gasteiger partial charge on any atom is 0.407 e. The fourth-order valence-corrected chi connectivity index (χ4v) is 2.76. The molecule has 1 fully saturated rings. The molecule has 3 amide bonds. The fraction of sp³-hybridized carbons (Fsp3) is 0.579. The molecule has 6 nitrogen and oxygen atoms in total. The van der Waals surface area contributed by atoms with Gasteiger partial charge in [-0.1, -0.05) is 0 Å². The second-order valence-electron chi connectivity index (χ2n) is 8.09. The second-order valence-corrected chi connectivity index (χ2v) is 8.09. The summed E-state index contributed by atoms with van der Waals surface area (Å²) in [5.74, 6) is -0.0599. The largest absolute Gasteiger partial charge is 0.444 e. The van der Waals surface area contributed by atoms with Gasteiger partial charge in [-0.25, -0.2) is 14.0 Å². The monoisotopic (exact) mass is 365 g/mol. The van der Waals surface area contributed by atoms with E-state index >= 15 is 0 Å². The lowest BCUT2D eigenvalue weighted by atomic mass is 9.96. The zero-order valence-corrected chi connectivity index (χ0v) is 16.0. The molecule has 1 aromatic rings. The van der Waals surface area contributed by atoms with Crippen LogP contribution < -0.4 is 16.0 Å². The molecule has 0 bridgehead atoms. The van der Waals surface area contributed by atoms with Gasteiger partial charge in [-0.15, -0.1) is 0 Å². The number of amides is 3. The summed E-state index contributed by atoms with van der Waals surface area (Å²) < 4.78 is 18.4. The number of halogens is 1. The predicted octanol–water partition coefficient (Wildman–Crippen LogP) is 3.95. The molecule has 1 aliphatic rings. The number of benzene rings is 1.